The molecule has 0 saturated carbocycles. The summed E-state index contributed by atoms with van der Waals surface area (Å²) in [5.74, 6) is 0.823. The quantitative estimate of drug-likeness (QED) is 0.745. The Bertz CT molecular complexity index is 530. The molecule has 0 atom stereocenters. The summed E-state index contributed by atoms with van der Waals surface area (Å²) in [6.07, 6.45) is 0. The smallest absolute Gasteiger partial charge is 0.126 e. The minimum Gasteiger partial charge on any atom is -0.496 e. The van der Waals surface area contributed by atoms with Crippen LogP contribution in [0.1, 0.15) is 5.56 Å². The van der Waals surface area contributed by atoms with Crippen molar-refractivity contribution in [3.63, 3.8) is 0 Å². The highest BCUT2D eigenvalue weighted by Crippen LogP contribution is 2.34. The van der Waals surface area contributed by atoms with Gasteiger partial charge in [0.05, 0.1) is 7.11 Å². The molecule has 0 aromatic heterocycles. The molecule has 88 valence electrons. The van der Waals surface area contributed by atoms with Gasteiger partial charge in [-0.3, -0.25) is 0 Å². The molecule has 0 unspecified atom stereocenters. The molecule has 0 heterocycles. The average Bonchev–Trinajstić information content (AvgIpc) is 2.27. The maximum Gasteiger partial charge on any atom is 0.126 e. The van der Waals surface area contributed by atoms with Crippen molar-refractivity contribution in [3.8, 4) is 16.9 Å². The van der Waals surface area contributed by atoms with Crippen molar-refractivity contribution < 1.29 is 4.74 Å². The van der Waals surface area contributed by atoms with Crippen LogP contribution in [-0.4, -0.2) is 7.11 Å². The molecule has 17 heavy (non-hydrogen) atoms. The summed E-state index contributed by atoms with van der Waals surface area (Å²) < 4.78 is 5.37. The molecule has 0 saturated heterocycles. The lowest BCUT2D eigenvalue weighted by atomic mass is 10.0. The van der Waals surface area contributed by atoms with Gasteiger partial charge in [-0.2, -0.15) is 0 Å². The van der Waals surface area contributed by atoms with E-state index in [1.165, 1.54) is 0 Å². The average molecular weight is 267 g/mol. The van der Waals surface area contributed by atoms with Crippen LogP contribution in [0.2, 0.25) is 10.0 Å². The Balaban J connectivity index is 2.59. The van der Waals surface area contributed by atoms with Crippen LogP contribution in [0.4, 0.5) is 0 Å². The van der Waals surface area contributed by atoms with Gasteiger partial charge in [-0.25, -0.2) is 0 Å². The van der Waals surface area contributed by atoms with Gasteiger partial charge in [0.1, 0.15) is 5.75 Å². The van der Waals surface area contributed by atoms with E-state index in [9.17, 15) is 0 Å². The lowest BCUT2D eigenvalue weighted by Crippen LogP contribution is -1.89. The third-order valence-corrected chi connectivity index (χ3v) is 2.97. The maximum atomic E-state index is 6.00. The number of methoxy groups -OCH3 is 1. The Hall–Kier alpha value is -1.18. The van der Waals surface area contributed by atoms with Crippen LogP contribution in [0.3, 0.4) is 0 Å². The first-order valence-corrected chi connectivity index (χ1v) is 5.97. The topological polar surface area (TPSA) is 9.23 Å². The van der Waals surface area contributed by atoms with Crippen LogP contribution < -0.4 is 4.74 Å². The number of halogens is 2. The highest BCUT2D eigenvalue weighted by atomic mass is 35.5. The van der Waals surface area contributed by atoms with Crippen LogP contribution in [0.25, 0.3) is 11.1 Å². The van der Waals surface area contributed by atoms with Crippen molar-refractivity contribution in [1.29, 1.82) is 0 Å². The van der Waals surface area contributed by atoms with Crippen molar-refractivity contribution in [2.45, 2.75) is 6.92 Å². The molecular formula is C14H12Cl2O. The molecule has 0 aliphatic rings. The standard InChI is InChI=1S/C14H12Cl2O/c1-9-3-4-13(14(5-9)17-2)10-6-11(15)8-12(16)7-10/h3-8H,1-2H3. The molecule has 2 aromatic rings. The van der Waals surface area contributed by atoms with Gasteiger partial charge in [0, 0.05) is 15.6 Å². The normalized spacial score (nSPS) is 10.4. The number of hydrogen-bond donors (Lipinski definition) is 0. The van der Waals surface area contributed by atoms with Crippen molar-refractivity contribution in [2.75, 3.05) is 7.11 Å². The summed E-state index contributed by atoms with van der Waals surface area (Å²) in [6, 6.07) is 11.5. The molecule has 0 aliphatic carbocycles. The van der Waals surface area contributed by atoms with Crippen LogP contribution in [0, 0.1) is 6.92 Å². The number of hydrogen-bond acceptors (Lipinski definition) is 1. The summed E-state index contributed by atoms with van der Waals surface area (Å²) in [6.45, 7) is 2.03. The highest BCUT2D eigenvalue weighted by molar-refractivity contribution is 6.35. The lowest BCUT2D eigenvalue weighted by Gasteiger charge is -2.10. The molecule has 1 nitrogen and oxygen atoms in total. The van der Waals surface area contributed by atoms with E-state index in [2.05, 4.69) is 0 Å². The van der Waals surface area contributed by atoms with E-state index in [-0.39, 0.29) is 0 Å². The van der Waals surface area contributed by atoms with Gasteiger partial charge in [0.25, 0.3) is 0 Å². The van der Waals surface area contributed by atoms with Gasteiger partial charge in [-0.15, -0.1) is 0 Å². The second kappa shape index (κ2) is 4.99. The fourth-order valence-corrected chi connectivity index (χ4v) is 2.27. The Kier molecular flexibility index (Phi) is 3.60. The van der Waals surface area contributed by atoms with Crippen LogP contribution in [0.5, 0.6) is 5.75 Å². The molecule has 2 aromatic carbocycles. The lowest BCUT2D eigenvalue weighted by molar-refractivity contribution is 0.416. The molecule has 0 aliphatic heterocycles. The zero-order chi connectivity index (χ0) is 12.4. The highest BCUT2D eigenvalue weighted by Gasteiger charge is 2.07. The SMILES string of the molecule is COc1cc(C)ccc1-c1cc(Cl)cc(Cl)c1. The zero-order valence-corrected chi connectivity index (χ0v) is 11.1. The molecule has 2 rings (SSSR count). The van der Waals surface area contributed by atoms with Gasteiger partial charge in [0.15, 0.2) is 0 Å². The Morgan fingerprint density at radius 3 is 2.18 bits per heavy atom. The predicted molar refractivity (Wildman–Crippen MR) is 73.2 cm³/mol. The largest absolute Gasteiger partial charge is 0.496 e. The van der Waals surface area contributed by atoms with Crippen LogP contribution >= 0.6 is 23.2 Å². The minimum atomic E-state index is 0.620. The summed E-state index contributed by atoms with van der Waals surface area (Å²) in [4.78, 5) is 0. The molecule has 0 radical (unpaired) electrons. The summed E-state index contributed by atoms with van der Waals surface area (Å²) in [7, 11) is 1.66. The Morgan fingerprint density at radius 2 is 1.59 bits per heavy atom. The number of benzene rings is 2. The van der Waals surface area contributed by atoms with Crippen molar-refractivity contribution >= 4 is 23.2 Å². The van der Waals surface area contributed by atoms with E-state index in [0.717, 1.165) is 22.4 Å². The van der Waals surface area contributed by atoms with E-state index in [1.54, 1.807) is 13.2 Å². The van der Waals surface area contributed by atoms with Crippen molar-refractivity contribution in [1.82, 2.24) is 0 Å². The molecule has 0 N–H and O–H groups in total. The van der Waals surface area contributed by atoms with E-state index in [0.29, 0.717) is 10.0 Å². The number of ether oxygens (including phenoxy) is 1. The first-order chi connectivity index (χ1) is 8.10. The monoisotopic (exact) mass is 266 g/mol. The van der Waals surface area contributed by atoms with Gasteiger partial charge in [-0.05, 0) is 42.3 Å². The van der Waals surface area contributed by atoms with Crippen molar-refractivity contribution in [3.05, 3.63) is 52.0 Å². The second-order valence-corrected chi connectivity index (χ2v) is 4.73. The maximum absolute atomic E-state index is 6.00. The van der Waals surface area contributed by atoms with E-state index >= 15 is 0 Å². The molecule has 0 fully saturated rings. The first kappa shape index (κ1) is 12.3. The summed E-state index contributed by atoms with van der Waals surface area (Å²) in [5.41, 5.74) is 3.10. The number of rotatable bonds is 2. The number of aryl methyl sites for hydroxylation is 1. The fourth-order valence-electron chi connectivity index (χ4n) is 1.75. The van der Waals surface area contributed by atoms with Gasteiger partial charge in [0.2, 0.25) is 0 Å². The predicted octanol–water partition coefficient (Wildman–Crippen LogP) is 4.98. The van der Waals surface area contributed by atoms with E-state index < -0.39 is 0 Å². The Labute approximate surface area is 111 Å². The molecule has 0 amide bonds. The molecule has 0 spiro atoms. The first-order valence-electron chi connectivity index (χ1n) is 5.21. The third kappa shape index (κ3) is 2.74. The Morgan fingerprint density at radius 1 is 0.941 bits per heavy atom. The van der Waals surface area contributed by atoms with E-state index in [1.807, 2.05) is 37.3 Å². The second-order valence-electron chi connectivity index (χ2n) is 3.86. The third-order valence-electron chi connectivity index (χ3n) is 2.53. The van der Waals surface area contributed by atoms with Crippen LogP contribution in [-0.2, 0) is 0 Å². The molecular weight excluding hydrogens is 255 g/mol. The minimum absolute atomic E-state index is 0.620. The van der Waals surface area contributed by atoms with E-state index in [4.69, 9.17) is 27.9 Å². The fraction of sp³-hybridized carbons (Fsp3) is 0.143. The van der Waals surface area contributed by atoms with Gasteiger partial charge in [-0.1, -0.05) is 35.3 Å². The van der Waals surface area contributed by atoms with Gasteiger partial charge < -0.3 is 4.74 Å². The molecule has 3 heteroatoms. The van der Waals surface area contributed by atoms with Crippen LogP contribution in [0.15, 0.2) is 36.4 Å². The van der Waals surface area contributed by atoms with Gasteiger partial charge >= 0.3 is 0 Å². The van der Waals surface area contributed by atoms with Crippen molar-refractivity contribution in [2.24, 2.45) is 0 Å². The molecule has 0 bridgehead atoms. The summed E-state index contributed by atoms with van der Waals surface area (Å²) >= 11 is 12.0. The zero-order valence-electron chi connectivity index (χ0n) is 9.63. The summed E-state index contributed by atoms with van der Waals surface area (Å²) in [5, 5.41) is 1.24.